The molecule has 1 aromatic carbocycles. The van der Waals surface area contributed by atoms with Crippen molar-refractivity contribution in [3.8, 4) is 0 Å². The Balaban J connectivity index is 1.80. The number of hydrogen-bond donors (Lipinski definition) is 1. The van der Waals surface area contributed by atoms with Crippen LogP contribution in [-0.2, 0) is 6.54 Å². The first-order valence-electron chi connectivity index (χ1n) is 6.19. The zero-order chi connectivity index (χ0) is 11.7. The quantitative estimate of drug-likeness (QED) is 0.881. The van der Waals surface area contributed by atoms with E-state index in [1.165, 1.54) is 6.42 Å². The van der Waals surface area contributed by atoms with Gasteiger partial charge in [0.1, 0.15) is 11.3 Å². The highest BCUT2D eigenvalue weighted by atomic mass is 16.3. The van der Waals surface area contributed by atoms with E-state index in [-0.39, 0.29) is 6.61 Å². The van der Waals surface area contributed by atoms with E-state index in [4.69, 9.17) is 4.42 Å². The second-order valence-corrected chi connectivity index (χ2v) is 4.70. The first kappa shape index (κ1) is 10.8. The van der Waals surface area contributed by atoms with Crippen LogP contribution in [0.2, 0.25) is 0 Å². The molecule has 1 saturated heterocycles. The average molecular weight is 231 g/mol. The lowest BCUT2D eigenvalue weighted by Crippen LogP contribution is -2.31. The van der Waals surface area contributed by atoms with Crippen molar-refractivity contribution in [3.63, 3.8) is 0 Å². The summed E-state index contributed by atoms with van der Waals surface area (Å²) in [6, 6.07) is 10.5. The maximum Gasteiger partial charge on any atom is 0.134 e. The molecule has 3 heteroatoms. The van der Waals surface area contributed by atoms with Crippen molar-refractivity contribution in [3.05, 3.63) is 36.1 Å². The number of para-hydroxylation sites is 1. The Labute approximate surface area is 101 Å². The first-order valence-corrected chi connectivity index (χ1v) is 6.19. The molecule has 0 radical (unpaired) electrons. The Morgan fingerprint density at radius 2 is 2.24 bits per heavy atom. The minimum Gasteiger partial charge on any atom is -0.460 e. The molecule has 2 aromatic rings. The third-order valence-electron chi connectivity index (χ3n) is 3.55. The van der Waals surface area contributed by atoms with Gasteiger partial charge in [-0.3, -0.25) is 4.90 Å². The molecule has 0 aliphatic carbocycles. The second kappa shape index (κ2) is 4.51. The highest BCUT2D eigenvalue weighted by Gasteiger charge is 2.24. The van der Waals surface area contributed by atoms with Gasteiger partial charge in [0.2, 0.25) is 0 Å². The lowest BCUT2D eigenvalue weighted by Gasteiger charge is -2.20. The van der Waals surface area contributed by atoms with Crippen LogP contribution in [0.4, 0.5) is 0 Å². The molecule has 1 aliphatic rings. The molecule has 1 fully saturated rings. The number of rotatable bonds is 3. The number of benzene rings is 1. The summed E-state index contributed by atoms with van der Waals surface area (Å²) in [5, 5.41) is 10.4. The summed E-state index contributed by atoms with van der Waals surface area (Å²) in [5.41, 5.74) is 0.947. The van der Waals surface area contributed by atoms with Crippen molar-refractivity contribution in [2.45, 2.75) is 25.4 Å². The van der Waals surface area contributed by atoms with Gasteiger partial charge in [0.05, 0.1) is 13.2 Å². The molecule has 0 saturated carbocycles. The van der Waals surface area contributed by atoms with Gasteiger partial charge in [-0.15, -0.1) is 0 Å². The van der Waals surface area contributed by atoms with Crippen LogP contribution in [0.25, 0.3) is 11.0 Å². The minimum absolute atomic E-state index is 0.250. The third-order valence-corrected chi connectivity index (χ3v) is 3.55. The molecule has 90 valence electrons. The van der Waals surface area contributed by atoms with Crippen LogP contribution < -0.4 is 0 Å². The van der Waals surface area contributed by atoms with E-state index in [0.717, 1.165) is 36.2 Å². The van der Waals surface area contributed by atoms with Gasteiger partial charge in [-0.05, 0) is 31.5 Å². The molecule has 17 heavy (non-hydrogen) atoms. The van der Waals surface area contributed by atoms with Crippen molar-refractivity contribution in [1.82, 2.24) is 4.90 Å². The fourth-order valence-corrected chi connectivity index (χ4v) is 2.63. The second-order valence-electron chi connectivity index (χ2n) is 4.70. The molecule has 1 N–H and O–H groups in total. The van der Waals surface area contributed by atoms with Gasteiger partial charge >= 0.3 is 0 Å². The van der Waals surface area contributed by atoms with Crippen LogP contribution in [0.15, 0.2) is 34.7 Å². The van der Waals surface area contributed by atoms with Gasteiger partial charge in [-0.25, -0.2) is 0 Å². The fraction of sp³-hybridized carbons (Fsp3) is 0.429. The van der Waals surface area contributed by atoms with Gasteiger partial charge in [-0.1, -0.05) is 18.2 Å². The summed E-state index contributed by atoms with van der Waals surface area (Å²) >= 11 is 0. The van der Waals surface area contributed by atoms with Gasteiger partial charge in [0.15, 0.2) is 0 Å². The van der Waals surface area contributed by atoms with Crippen LogP contribution in [-0.4, -0.2) is 29.2 Å². The Morgan fingerprint density at radius 1 is 1.35 bits per heavy atom. The van der Waals surface area contributed by atoms with Crippen LogP contribution in [0.5, 0.6) is 0 Å². The highest BCUT2D eigenvalue weighted by Crippen LogP contribution is 2.24. The van der Waals surface area contributed by atoms with E-state index in [1.54, 1.807) is 0 Å². The van der Waals surface area contributed by atoms with E-state index in [2.05, 4.69) is 17.0 Å². The standard InChI is InChI=1S/C14H17NO2/c16-10-12-5-3-7-15(12)9-13-8-11-4-1-2-6-14(11)17-13/h1-2,4,6,8,12,16H,3,5,7,9-10H2/t12-/m0/s1. The SMILES string of the molecule is OC[C@@H]1CCCN1Cc1cc2ccccc2o1. The average Bonchev–Trinajstić information content (AvgIpc) is 2.94. The molecule has 0 bridgehead atoms. The Bertz CT molecular complexity index is 473. The van der Waals surface area contributed by atoms with Crippen LogP contribution in [0, 0.1) is 0 Å². The molecule has 1 atom stereocenters. The number of fused-ring (bicyclic) bond motifs is 1. The molecule has 2 heterocycles. The Kier molecular flexibility index (Phi) is 2.87. The molecule has 1 aliphatic heterocycles. The topological polar surface area (TPSA) is 36.6 Å². The first-order chi connectivity index (χ1) is 8.36. The number of hydrogen-bond acceptors (Lipinski definition) is 3. The number of nitrogens with zero attached hydrogens (tertiary/aromatic N) is 1. The van der Waals surface area contributed by atoms with Gasteiger partial charge in [0, 0.05) is 11.4 Å². The smallest absolute Gasteiger partial charge is 0.134 e. The highest BCUT2D eigenvalue weighted by molar-refractivity contribution is 5.77. The molecule has 0 amide bonds. The predicted octanol–water partition coefficient (Wildman–Crippen LogP) is 2.39. The Morgan fingerprint density at radius 3 is 3.06 bits per heavy atom. The van der Waals surface area contributed by atoms with Crippen LogP contribution in [0.1, 0.15) is 18.6 Å². The number of likely N-dealkylation sites (tertiary alicyclic amines) is 1. The van der Waals surface area contributed by atoms with Crippen molar-refractivity contribution in [2.75, 3.05) is 13.2 Å². The maximum absolute atomic E-state index is 9.28. The van der Waals surface area contributed by atoms with Crippen molar-refractivity contribution < 1.29 is 9.52 Å². The Hall–Kier alpha value is -1.32. The lowest BCUT2D eigenvalue weighted by molar-refractivity contribution is 0.147. The molecule has 3 nitrogen and oxygen atoms in total. The minimum atomic E-state index is 0.250. The maximum atomic E-state index is 9.28. The van der Waals surface area contributed by atoms with Crippen LogP contribution in [0.3, 0.4) is 0 Å². The molecule has 3 rings (SSSR count). The van der Waals surface area contributed by atoms with Gasteiger partial charge < -0.3 is 9.52 Å². The monoisotopic (exact) mass is 231 g/mol. The van der Waals surface area contributed by atoms with Crippen molar-refractivity contribution in [2.24, 2.45) is 0 Å². The number of furan rings is 1. The zero-order valence-corrected chi connectivity index (χ0v) is 9.80. The summed E-state index contributed by atoms with van der Waals surface area (Å²) < 4.78 is 5.80. The van der Waals surface area contributed by atoms with E-state index in [0.29, 0.717) is 6.04 Å². The summed E-state index contributed by atoms with van der Waals surface area (Å²) in [6.07, 6.45) is 2.27. The lowest BCUT2D eigenvalue weighted by atomic mass is 10.2. The predicted molar refractivity (Wildman–Crippen MR) is 66.7 cm³/mol. The number of aliphatic hydroxyl groups excluding tert-OH is 1. The molecule has 1 aromatic heterocycles. The van der Waals surface area contributed by atoms with Crippen LogP contribution >= 0.6 is 0 Å². The van der Waals surface area contributed by atoms with Gasteiger partial charge in [0.25, 0.3) is 0 Å². The van der Waals surface area contributed by atoms with Crippen molar-refractivity contribution in [1.29, 1.82) is 0 Å². The molecular formula is C14H17NO2. The van der Waals surface area contributed by atoms with Crippen molar-refractivity contribution >= 4 is 11.0 Å². The summed E-state index contributed by atoms with van der Waals surface area (Å²) in [5.74, 6) is 0.992. The van der Waals surface area contributed by atoms with E-state index >= 15 is 0 Å². The van der Waals surface area contributed by atoms with Gasteiger partial charge in [-0.2, -0.15) is 0 Å². The molecule has 0 unspecified atom stereocenters. The van der Waals surface area contributed by atoms with E-state index < -0.39 is 0 Å². The third kappa shape index (κ3) is 2.08. The fourth-order valence-electron chi connectivity index (χ4n) is 2.63. The summed E-state index contributed by atoms with van der Waals surface area (Å²) in [4.78, 5) is 2.30. The zero-order valence-electron chi connectivity index (χ0n) is 9.80. The normalized spacial score (nSPS) is 21.4. The van der Waals surface area contributed by atoms with E-state index in [1.807, 2.05) is 18.2 Å². The summed E-state index contributed by atoms with van der Waals surface area (Å²) in [7, 11) is 0. The molecular weight excluding hydrogens is 214 g/mol. The van der Waals surface area contributed by atoms with E-state index in [9.17, 15) is 5.11 Å². The number of aliphatic hydroxyl groups is 1. The summed E-state index contributed by atoms with van der Waals surface area (Å²) in [6.45, 7) is 2.11. The largest absolute Gasteiger partial charge is 0.460 e. The molecule has 0 spiro atoms.